The van der Waals surface area contributed by atoms with E-state index >= 15 is 0 Å². The zero-order valence-corrected chi connectivity index (χ0v) is 19.6. The summed E-state index contributed by atoms with van der Waals surface area (Å²) < 4.78 is 15.9. The van der Waals surface area contributed by atoms with Crippen LogP contribution in [0.15, 0.2) is 36.4 Å². The molecular formula is C24H27ClN2O6. The first kappa shape index (κ1) is 24.4. The van der Waals surface area contributed by atoms with Gasteiger partial charge in [0.1, 0.15) is 0 Å². The van der Waals surface area contributed by atoms with Crippen LogP contribution in [0, 0.1) is 5.92 Å². The van der Waals surface area contributed by atoms with Crippen molar-refractivity contribution in [1.82, 2.24) is 4.90 Å². The molecule has 3 rings (SSSR count). The molecule has 1 N–H and O–H groups in total. The highest BCUT2D eigenvalue weighted by atomic mass is 35.5. The quantitative estimate of drug-likeness (QED) is 0.609. The number of ether oxygens (including phenoxy) is 3. The van der Waals surface area contributed by atoms with Crippen LogP contribution in [0.5, 0.6) is 11.5 Å². The van der Waals surface area contributed by atoms with E-state index in [2.05, 4.69) is 12.2 Å². The molecule has 176 valence electrons. The van der Waals surface area contributed by atoms with Gasteiger partial charge in [0.15, 0.2) is 18.1 Å². The van der Waals surface area contributed by atoms with E-state index in [9.17, 15) is 14.4 Å². The van der Waals surface area contributed by atoms with Gasteiger partial charge >= 0.3 is 5.97 Å². The SMILES string of the molecule is COc1cc(NC(=O)c2ccccc2Cl)c(C(=O)OCC(=O)N2CCCC(C)C2)cc1OC. The summed E-state index contributed by atoms with van der Waals surface area (Å²) in [7, 11) is 2.86. The molecular weight excluding hydrogens is 448 g/mol. The number of halogens is 1. The van der Waals surface area contributed by atoms with E-state index in [0.29, 0.717) is 24.8 Å². The van der Waals surface area contributed by atoms with Crippen LogP contribution in [0.1, 0.15) is 40.5 Å². The van der Waals surface area contributed by atoms with Crippen LogP contribution >= 0.6 is 11.6 Å². The van der Waals surface area contributed by atoms with E-state index in [0.717, 1.165) is 12.8 Å². The first-order chi connectivity index (χ1) is 15.8. The van der Waals surface area contributed by atoms with E-state index in [4.69, 9.17) is 25.8 Å². The van der Waals surface area contributed by atoms with Crippen LogP contribution in [0.25, 0.3) is 0 Å². The lowest BCUT2D eigenvalue weighted by Crippen LogP contribution is -2.41. The topological polar surface area (TPSA) is 94.2 Å². The van der Waals surface area contributed by atoms with Gasteiger partial charge in [0.25, 0.3) is 11.8 Å². The molecule has 0 aliphatic carbocycles. The number of piperidine rings is 1. The zero-order chi connectivity index (χ0) is 24.0. The number of nitrogens with one attached hydrogen (secondary N) is 1. The summed E-state index contributed by atoms with van der Waals surface area (Å²) in [6.45, 7) is 2.99. The highest BCUT2D eigenvalue weighted by Gasteiger charge is 2.24. The molecule has 2 aromatic carbocycles. The summed E-state index contributed by atoms with van der Waals surface area (Å²) in [4.78, 5) is 39.9. The average molecular weight is 475 g/mol. The Balaban J connectivity index is 1.81. The second kappa shape index (κ2) is 11.0. The minimum atomic E-state index is -0.774. The van der Waals surface area contributed by atoms with Crippen molar-refractivity contribution in [1.29, 1.82) is 0 Å². The number of carbonyl (C=O) groups is 3. The van der Waals surface area contributed by atoms with Gasteiger partial charge in [-0.25, -0.2) is 4.79 Å². The molecule has 1 aliphatic rings. The molecule has 0 bridgehead atoms. The van der Waals surface area contributed by atoms with Gasteiger partial charge in [-0.3, -0.25) is 9.59 Å². The number of nitrogens with zero attached hydrogens (tertiary/aromatic N) is 1. The zero-order valence-electron chi connectivity index (χ0n) is 18.9. The fourth-order valence-electron chi connectivity index (χ4n) is 3.70. The Morgan fingerprint density at radius 1 is 1.09 bits per heavy atom. The van der Waals surface area contributed by atoms with Gasteiger partial charge in [-0.1, -0.05) is 30.7 Å². The van der Waals surface area contributed by atoms with Crippen molar-refractivity contribution < 1.29 is 28.6 Å². The van der Waals surface area contributed by atoms with Crippen LogP contribution in [0.3, 0.4) is 0 Å². The Labute approximate surface area is 197 Å². The molecule has 1 atom stereocenters. The Hall–Kier alpha value is -3.26. The number of anilines is 1. The lowest BCUT2D eigenvalue weighted by atomic mass is 10.0. The van der Waals surface area contributed by atoms with Gasteiger partial charge in [0.2, 0.25) is 0 Å². The molecule has 1 unspecified atom stereocenters. The largest absolute Gasteiger partial charge is 0.493 e. The summed E-state index contributed by atoms with van der Waals surface area (Å²) in [6.07, 6.45) is 2.00. The standard InChI is InChI=1S/C24H27ClN2O6/c1-15-7-6-10-27(13-15)22(28)14-33-24(30)17-11-20(31-2)21(32-3)12-19(17)26-23(29)16-8-4-5-9-18(16)25/h4-5,8-9,11-12,15H,6-7,10,13-14H2,1-3H3,(H,26,29). The lowest BCUT2D eigenvalue weighted by Gasteiger charge is -2.30. The second-order valence-corrected chi connectivity index (χ2v) is 8.26. The molecule has 1 aliphatic heterocycles. The molecule has 8 nitrogen and oxygen atoms in total. The number of likely N-dealkylation sites (tertiary alicyclic amines) is 1. The number of hydrogen-bond acceptors (Lipinski definition) is 6. The average Bonchev–Trinajstić information content (AvgIpc) is 2.82. The number of amides is 2. The summed E-state index contributed by atoms with van der Waals surface area (Å²) in [5.41, 5.74) is 0.400. The Bertz CT molecular complexity index is 1040. The summed E-state index contributed by atoms with van der Waals surface area (Å²) in [6, 6.07) is 9.40. The number of benzene rings is 2. The van der Waals surface area contributed by atoms with Gasteiger partial charge in [-0.05, 0) is 30.9 Å². The monoisotopic (exact) mass is 474 g/mol. The van der Waals surface area contributed by atoms with Crippen molar-refractivity contribution in [2.75, 3.05) is 39.2 Å². The Kier molecular flexibility index (Phi) is 8.16. The van der Waals surface area contributed by atoms with Gasteiger partial charge in [-0.2, -0.15) is 0 Å². The van der Waals surface area contributed by atoms with E-state index in [1.807, 2.05) is 0 Å². The third-order valence-corrected chi connectivity index (χ3v) is 5.78. The molecule has 1 heterocycles. The predicted molar refractivity (Wildman–Crippen MR) is 124 cm³/mol. The minimum Gasteiger partial charge on any atom is -0.493 e. The van der Waals surface area contributed by atoms with Crippen LogP contribution in [0.4, 0.5) is 5.69 Å². The van der Waals surface area contributed by atoms with E-state index in [-0.39, 0.29) is 33.5 Å². The third-order valence-electron chi connectivity index (χ3n) is 5.45. The summed E-state index contributed by atoms with van der Waals surface area (Å²) in [5.74, 6) is -0.546. The molecule has 33 heavy (non-hydrogen) atoms. The van der Waals surface area contributed by atoms with E-state index in [1.165, 1.54) is 26.4 Å². The molecule has 0 saturated carbocycles. The minimum absolute atomic E-state index is 0.0212. The van der Waals surface area contributed by atoms with Gasteiger partial charge in [-0.15, -0.1) is 0 Å². The molecule has 9 heteroatoms. The number of methoxy groups -OCH3 is 2. The Morgan fingerprint density at radius 2 is 1.79 bits per heavy atom. The maximum atomic E-state index is 12.9. The van der Waals surface area contributed by atoms with Crippen molar-refractivity contribution in [2.24, 2.45) is 5.92 Å². The first-order valence-electron chi connectivity index (χ1n) is 10.6. The van der Waals surface area contributed by atoms with Crippen molar-refractivity contribution >= 4 is 35.1 Å². The van der Waals surface area contributed by atoms with Crippen molar-refractivity contribution in [2.45, 2.75) is 19.8 Å². The molecule has 0 radical (unpaired) electrons. The van der Waals surface area contributed by atoms with Gasteiger partial charge in [0.05, 0.1) is 36.1 Å². The highest BCUT2D eigenvalue weighted by Crippen LogP contribution is 2.34. The van der Waals surface area contributed by atoms with Crippen molar-refractivity contribution in [3.05, 3.63) is 52.5 Å². The maximum absolute atomic E-state index is 12.9. The lowest BCUT2D eigenvalue weighted by molar-refractivity contribution is -0.136. The number of esters is 1. The maximum Gasteiger partial charge on any atom is 0.340 e. The van der Waals surface area contributed by atoms with Gasteiger partial charge in [0, 0.05) is 25.2 Å². The van der Waals surface area contributed by atoms with Crippen molar-refractivity contribution in [3.8, 4) is 11.5 Å². The normalized spacial score (nSPS) is 15.5. The fourth-order valence-corrected chi connectivity index (χ4v) is 3.92. The van der Waals surface area contributed by atoms with E-state index < -0.39 is 18.5 Å². The molecule has 2 amide bonds. The first-order valence-corrected chi connectivity index (χ1v) is 11.0. The molecule has 2 aromatic rings. The Morgan fingerprint density at radius 3 is 2.45 bits per heavy atom. The van der Waals surface area contributed by atoms with Crippen molar-refractivity contribution in [3.63, 3.8) is 0 Å². The highest BCUT2D eigenvalue weighted by molar-refractivity contribution is 6.34. The molecule has 1 saturated heterocycles. The third kappa shape index (κ3) is 5.96. The van der Waals surface area contributed by atoms with E-state index in [1.54, 1.807) is 29.2 Å². The molecule has 0 spiro atoms. The summed E-state index contributed by atoms with van der Waals surface area (Å²) in [5, 5.41) is 2.94. The predicted octanol–water partition coefficient (Wildman–Crippen LogP) is 4.02. The van der Waals surface area contributed by atoms with Gasteiger partial charge < -0.3 is 24.4 Å². The fraction of sp³-hybridized carbons (Fsp3) is 0.375. The van der Waals surface area contributed by atoms with Crippen LogP contribution in [-0.2, 0) is 9.53 Å². The number of hydrogen-bond donors (Lipinski definition) is 1. The van der Waals surface area contributed by atoms with Crippen LogP contribution in [-0.4, -0.2) is 56.6 Å². The number of rotatable bonds is 7. The molecule has 0 aromatic heterocycles. The number of carbonyl (C=O) groups excluding carboxylic acids is 3. The summed E-state index contributed by atoms with van der Waals surface area (Å²) >= 11 is 6.12. The van der Waals surface area contributed by atoms with Crippen LogP contribution < -0.4 is 14.8 Å². The van der Waals surface area contributed by atoms with Crippen LogP contribution in [0.2, 0.25) is 5.02 Å². The smallest absolute Gasteiger partial charge is 0.340 e. The second-order valence-electron chi connectivity index (χ2n) is 7.85. The molecule has 1 fully saturated rings.